The highest BCUT2D eigenvalue weighted by Crippen LogP contribution is 2.34. The first-order valence-corrected chi connectivity index (χ1v) is 8.33. The monoisotopic (exact) mass is 393 g/mol. The Balaban J connectivity index is 1.48. The van der Waals surface area contributed by atoms with Gasteiger partial charge in [0.15, 0.2) is 18.1 Å². The zero-order valence-electron chi connectivity index (χ0n) is 14.8. The molecule has 1 heterocycles. The number of alkyl halides is 2. The summed E-state index contributed by atoms with van der Waals surface area (Å²) in [6, 6.07) is 9.94. The van der Waals surface area contributed by atoms with Gasteiger partial charge in [-0.25, -0.2) is 4.79 Å². The molecule has 1 N–H and O–H groups in total. The van der Waals surface area contributed by atoms with Crippen LogP contribution in [0.3, 0.4) is 0 Å². The van der Waals surface area contributed by atoms with E-state index in [9.17, 15) is 18.4 Å². The van der Waals surface area contributed by atoms with Crippen LogP contribution in [0.25, 0.3) is 0 Å². The van der Waals surface area contributed by atoms with E-state index < -0.39 is 25.1 Å². The number of hydrogen-bond acceptors (Lipinski definition) is 6. The van der Waals surface area contributed by atoms with E-state index in [0.29, 0.717) is 11.5 Å². The van der Waals surface area contributed by atoms with E-state index in [0.717, 1.165) is 5.56 Å². The fraction of sp³-hybridized carbons (Fsp3) is 0.263. The Hall–Kier alpha value is -3.36. The number of carbonyl (C=O) groups excluding carboxylic acids is 2. The number of amides is 1. The Labute approximate surface area is 159 Å². The summed E-state index contributed by atoms with van der Waals surface area (Å²) in [6.07, 6.45) is 0. The maximum absolute atomic E-state index is 12.1. The van der Waals surface area contributed by atoms with E-state index in [2.05, 4.69) is 10.1 Å². The third-order valence-corrected chi connectivity index (χ3v) is 3.92. The van der Waals surface area contributed by atoms with Crippen LogP contribution in [0.5, 0.6) is 17.2 Å². The van der Waals surface area contributed by atoms with Gasteiger partial charge in [-0.3, -0.25) is 4.79 Å². The largest absolute Gasteiger partial charge is 0.454 e. The molecule has 2 aromatic carbocycles. The standard InChI is InChI=1S/C19H17F2NO6/c1-11(13-4-7-15-16(8-13)27-10-26-15)22-17(23)9-25-18(24)12-2-5-14(6-3-12)28-19(20)21/h2-8,11,19H,9-10H2,1H3,(H,22,23). The van der Waals surface area contributed by atoms with E-state index >= 15 is 0 Å². The quantitative estimate of drug-likeness (QED) is 0.728. The Morgan fingerprint density at radius 2 is 1.82 bits per heavy atom. The molecule has 0 bridgehead atoms. The van der Waals surface area contributed by atoms with Gasteiger partial charge in [-0.1, -0.05) is 6.07 Å². The van der Waals surface area contributed by atoms with Gasteiger partial charge in [0.05, 0.1) is 11.6 Å². The molecule has 148 valence electrons. The summed E-state index contributed by atoms with van der Waals surface area (Å²) in [6.45, 7) is -1.50. The fourth-order valence-electron chi connectivity index (χ4n) is 2.54. The van der Waals surface area contributed by atoms with Crippen LogP contribution < -0.4 is 19.5 Å². The number of nitrogens with one attached hydrogen (secondary N) is 1. The minimum Gasteiger partial charge on any atom is -0.454 e. The smallest absolute Gasteiger partial charge is 0.387 e. The van der Waals surface area contributed by atoms with E-state index in [-0.39, 0.29) is 24.1 Å². The van der Waals surface area contributed by atoms with Crippen molar-refractivity contribution in [3.05, 3.63) is 53.6 Å². The summed E-state index contributed by atoms with van der Waals surface area (Å²) < 4.78 is 43.9. The van der Waals surface area contributed by atoms with Crippen LogP contribution in [-0.4, -0.2) is 31.9 Å². The predicted molar refractivity (Wildman–Crippen MR) is 92.5 cm³/mol. The zero-order valence-corrected chi connectivity index (χ0v) is 14.8. The van der Waals surface area contributed by atoms with Gasteiger partial charge in [0.1, 0.15) is 5.75 Å². The fourth-order valence-corrected chi connectivity index (χ4v) is 2.54. The number of hydrogen-bond donors (Lipinski definition) is 1. The Morgan fingerprint density at radius 1 is 1.11 bits per heavy atom. The van der Waals surface area contributed by atoms with Crippen LogP contribution in [0.1, 0.15) is 28.9 Å². The van der Waals surface area contributed by atoms with Crippen molar-refractivity contribution in [3.8, 4) is 17.2 Å². The summed E-state index contributed by atoms with van der Waals surface area (Å²) in [5.74, 6) is -0.0852. The molecule has 1 unspecified atom stereocenters. The Kier molecular flexibility index (Phi) is 5.93. The second-order valence-electron chi connectivity index (χ2n) is 5.88. The highest BCUT2D eigenvalue weighted by atomic mass is 19.3. The van der Waals surface area contributed by atoms with Crippen molar-refractivity contribution in [2.24, 2.45) is 0 Å². The lowest BCUT2D eigenvalue weighted by Crippen LogP contribution is -2.31. The third kappa shape index (κ3) is 4.87. The van der Waals surface area contributed by atoms with Gasteiger partial charge in [-0.2, -0.15) is 8.78 Å². The Morgan fingerprint density at radius 3 is 2.54 bits per heavy atom. The maximum atomic E-state index is 12.1. The van der Waals surface area contributed by atoms with E-state index in [1.165, 1.54) is 24.3 Å². The molecule has 1 aliphatic heterocycles. The minimum atomic E-state index is -2.95. The van der Waals surface area contributed by atoms with Crippen molar-refractivity contribution < 1.29 is 37.3 Å². The molecule has 1 atom stereocenters. The molecule has 28 heavy (non-hydrogen) atoms. The van der Waals surface area contributed by atoms with Gasteiger partial charge in [0.2, 0.25) is 6.79 Å². The van der Waals surface area contributed by atoms with Crippen LogP contribution in [0.2, 0.25) is 0 Å². The second kappa shape index (κ2) is 8.55. The van der Waals surface area contributed by atoms with Crippen LogP contribution in [0.15, 0.2) is 42.5 Å². The van der Waals surface area contributed by atoms with Crippen LogP contribution in [-0.2, 0) is 9.53 Å². The molecular weight excluding hydrogens is 376 g/mol. The molecule has 3 rings (SSSR count). The maximum Gasteiger partial charge on any atom is 0.387 e. The molecule has 9 heteroatoms. The minimum absolute atomic E-state index is 0.0816. The van der Waals surface area contributed by atoms with Crippen molar-refractivity contribution in [1.29, 1.82) is 0 Å². The van der Waals surface area contributed by atoms with Crippen molar-refractivity contribution in [2.75, 3.05) is 13.4 Å². The molecule has 7 nitrogen and oxygen atoms in total. The SMILES string of the molecule is CC(NC(=O)COC(=O)c1ccc(OC(F)F)cc1)c1ccc2c(c1)OCO2. The van der Waals surface area contributed by atoms with Crippen molar-refractivity contribution in [1.82, 2.24) is 5.32 Å². The van der Waals surface area contributed by atoms with Crippen molar-refractivity contribution in [2.45, 2.75) is 19.6 Å². The Bertz CT molecular complexity index is 856. The first-order valence-electron chi connectivity index (χ1n) is 8.33. The van der Waals surface area contributed by atoms with Crippen LogP contribution >= 0.6 is 0 Å². The lowest BCUT2D eigenvalue weighted by Gasteiger charge is -2.15. The van der Waals surface area contributed by atoms with E-state index in [1.54, 1.807) is 25.1 Å². The molecule has 0 radical (unpaired) electrons. The lowest BCUT2D eigenvalue weighted by atomic mass is 10.1. The molecule has 2 aromatic rings. The van der Waals surface area contributed by atoms with Crippen molar-refractivity contribution >= 4 is 11.9 Å². The van der Waals surface area contributed by atoms with Crippen molar-refractivity contribution in [3.63, 3.8) is 0 Å². The van der Waals surface area contributed by atoms with Gasteiger partial charge < -0.3 is 24.3 Å². The molecule has 0 fully saturated rings. The highest BCUT2D eigenvalue weighted by Gasteiger charge is 2.18. The topological polar surface area (TPSA) is 83.1 Å². The number of fused-ring (bicyclic) bond motifs is 1. The van der Waals surface area contributed by atoms with E-state index in [1.807, 2.05) is 0 Å². The molecule has 0 spiro atoms. The summed E-state index contributed by atoms with van der Waals surface area (Å²) >= 11 is 0. The second-order valence-corrected chi connectivity index (χ2v) is 5.88. The predicted octanol–water partition coefficient (Wildman–Crippen LogP) is 3.05. The van der Waals surface area contributed by atoms with Gasteiger partial charge in [-0.15, -0.1) is 0 Å². The number of ether oxygens (including phenoxy) is 4. The lowest BCUT2D eigenvalue weighted by molar-refractivity contribution is -0.124. The number of esters is 1. The normalized spacial score (nSPS) is 13.1. The molecule has 0 saturated carbocycles. The van der Waals surface area contributed by atoms with Gasteiger partial charge >= 0.3 is 12.6 Å². The molecule has 0 aromatic heterocycles. The number of rotatable bonds is 7. The average Bonchev–Trinajstić information content (AvgIpc) is 3.14. The molecule has 0 saturated heterocycles. The first-order chi connectivity index (χ1) is 13.4. The zero-order chi connectivity index (χ0) is 20.1. The van der Waals surface area contributed by atoms with Gasteiger partial charge in [-0.05, 0) is 48.9 Å². The van der Waals surface area contributed by atoms with Crippen LogP contribution in [0.4, 0.5) is 8.78 Å². The number of halogens is 2. The van der Waals surface area contributed by atoms with Gasteiger partial charge in [0.25, 0.3) is 5.91 Å². The van der Waals surface area contributed by atoms with Gasteiger partial charge in [0, 0.05) is 0 Å². The molecule has 0 aliphatic carbocycles. The average molecular weight is 393 g/mol. The first kappa shape index (κ1) is 19.4. The summed E-state index contributed by atoms with van der Waals surface area (Å²) in [7, 11) is 0. The molecule has 1 aliphatic rings. The summed E-state index contributed by atoms with van der Waals surface area (Å²) in [5, 5.41) is 2.71. The number of benzene rings is 2. The summed E-state index contributed by atoms with van der Waals surface area (Å²) in [5.41, 5.74) is 0.914. The van der Waals surface area contributed by atoms with E-state index in [4.69, 9.17) is 14.2 Å². The summed E-state index contributed by atoms with van der Waals surface area (Å²) in [4.78, 5) is 24.0. The third-order valence-electron chi connectivity index (χ3n) is 3.92. The molecular formula is C19H17F2NO6. The van der Waals surface area contributed by atoms with Crippen LogP contribution in [0, 0.1) is 0 Å². The molecule has 1 amide bonds. The highest BCUT2D eigenvalue weighted by molar-refractivity contribution is 5.91. The number of carbonyl (C=O) groups is 2.